The largest absolute Gasteiger partial charge is 0.385 e. The van der Waals surface area contributed by atoms with Crippen LogP contribution in [0.25, 0.3) is 0 Å². The summed E-state index contributed by atoms with van der Waals surface area (Å²) < 4.78 is 5.05. The van der Waals surface area contributed by atoms with E-state index in [-0.39, 0.29) is 11.4 Å². The maximum atomic E-state index is 11.7. The van der Waals surface area contributed by atoms with E-state index >= 15 is 0 Å². The third-order valence-corrected chi connectivity index (χ3v) is 2.75. The van der Waals surface area contributed by atoms with Gasteiger partial charge >= 0.3 is 6.03 Å². The Morgan fingerprint density at radius 2 is 1.88 bits per heavy atom. The Labute approximate surface area is 99.3 Å². The Morgan fingerprint density at radius 3 is 2.31 bits per heavy atom. The van der Waals surface area contributed by atoms with Crippen LogP contribution in [-0.2, 0) is 4.74 Å². The molecule has 0 fully saturated rings. The Hall–Kier alpha value is -0.770. The smallest absolute Gasteiger partial charge is 0.317 e. The molecular formula is C12H26N2O2. The number of nitrogens with one attached hydrogen (secondary N) is 1. The molecule has 0 bridgehead atoms. The zero-order valence-electron chi connectivity index (χ0n) is 11.3. The van der Waals surface area contributed by atoms with Gasteiger partial charge in [0.25, 0.3) is 0 Å². The van der Waals surface area contributed by atoms with Crippen molar-refractivity contribution in [1.82, 2.24) is 10.2 Å². The van der Waals surface area contributed by atoms with Gasteiger partial charge in [-0.2, -0.15) is 0 Å². The molecule has 0 aromatic rings. The molecule has 0 aliphatic heterocycles. The number of amides is 2. The van der Waals surface area contributed by atoms with Crippen LogP contribution in [0.1, 0.15) is 34.1 Å². The topological polar surface area (TPSA) is 41.6 Å². The molecule has 0 heterocycles. The lowest BCUT2D eigenvalue weighted by Crippen LogP contribution is -2.43. The summed E-state index contributed by atoms with van der Waals surface area (Å²) >= 11 is 0. The van der Waals surface area contributed by atoms with Crippen LogP contribution in [0.2, 0.25) is 0 Å². The van der Waals surface area contributed by atoms with Gasteiger partial charge in [0.05, 0.1) is 0 Å². The summed E-state index contributed by atoms with van der Waals surface area (Å²) in [7, 11) is 1.70. The van der Waals surface area contributed by atoms with Gasteiger partial charge in [-0.15, -0.1) is 0 Å². The fraction of sp³-hybridized carbons (Fsp3) is 0.917. The number of ether oxygens (including phenoxy) is 1. The van der Waals surface area contributed by atoms with Gasteiger partial charge in [0.15, 0.2) is 0 Å². The van der Waals surface area contributed by atoms with Crippen LogP contribution in [0.5, 0.6) is 0 Å². The first-order valence-corrected chi connectivity index (χ1v) is 5.98. The Balaban J connectivity index is 3.97. The first kappa shape index (κ1) is 15.2. The molecule has 96 valence electrons. The molecule has 0 rings (SSSR count). The standard InChI is InChI=1S/C12H26N2O2/c1-6-14(7-2)11(15)13-10-12(3,4)8-9-16-5/h6-10H2,1-5H3,(H,13,15). The van der Waals surface area contributed by atoms with Crippen molar-refractivity contribution in [3.63, 3.8) is 0 Å². The average Bonchev–Trinajstić information content (AvgIpc) is 2.25. The Morgan fingerprint density at radius 1 is 1.31 bits per heavy atom. The molecule has 0 unspecified atom stereocenters. The van der Waals surface area contributed by atoms with Crippen LogP contribution < -0.4 is 5.32 Å². The monoisotopic (exact) mass is 230 g/mol. The molecule has 0 spiro atoms. The summed E-state index contributed by atoms with van der Waals surface area (Å²) in [6.07, 6.45) is 0.946. The van der Waals surface area contributed by atoms with Crippen molar-refractivity contribution in [3.05, 3.63) is 0 Å². The van der Waals surface area contributed by atoms with Gasteiger partial charge in [-0.25, -0.2) is 4.79 Å². The van der Waals surface area contributed by atoms with E-state index in [9.17, 15) is 4.79 Å². The van der Waals surface area contributed by atoms with Gasteiger partial charge in [-0.3, -0.25) is 0 Å². The number of nitrogens with zero attached hydrogens (tertiary/aromatic N) is 1. The van der Waals surface area contributed by atoms with Crippen LogP contribution >= 0.6 is 0 Å². The molecule has 0 aromatic heterocycles. The molecule has 0 saturated heterocycles. The van der Waals surface area contributed by atoms with E-state index in [4.69, 9.17) is 4.74 Å². The van der Waals surface area contributed by atoms with Crippen molar-refractivity contribution >= 4 is 6.03 Å². The van der Waals surface area contributed by atoms with Crippen molar-refractivity contribution in [2.24, 2.45) is 5.41 Å². The summed E-state index contributed by atoms with van der Waals surface area (Å²) in [6, 6.07) is 0.0236. The second-order valence-electron chi connectivity index (χ2n) is 4.74. The van der Waals surface area contributed by atoms with Crippen molar-refractivity contribution in [3.8, 4) is 0 Å². The van der Waals surface area contributed by atoms with Crippen molar-refractivity contribution in [1.29, 1.82) is 0 Å². The zero-order valence-corrected chi connectivity index (χ0v) is 11.3. The predicted molar refractivity (Wildman–Crippen MR) is 66.6 cm³/mol. The first-order valence-electron chi connectivity index (χ1n) is 5.98. The first-order chi connectivity index (χ1) is 7.46. The van der Waals surface area contributed by atoms with E-state index in [1.165, 1.54) is 0 Å². The van der Waals surface area contributed by atoms with Crippen molar-refractivity contribution in [2.75, 3.05) is 33.4 Å². The predicted octanol–water partition coefficient (Wildman–Crippen LogP) is 2.10. The quantitative estimate of drug-likeness (QED) is 0.727. The van der Waals surface area contributed by atoms with Crippen LogP contribution in [-0.4, -0.2) is 44.3 Å². The maximum absolute atomic E-state index is 11.7. The minimum Gasteiger partial charge on any atom is -0.385 e. The number of carbonyl (C=O) groups excluding carboxylic acids is 1. The third-order valence-electron chi connectivity index (χ3n) is 2.75. The van der Waals surface area contributed by atoms with Gasteiger partial charge in [0, 0.05) is 33.4 Å². The van der Waals surface area contributed by atoms with Crippen LogP contribution in [0.15, 0.2) is 0 Å². The molecule has 2 amide bonds. The lowest BCUT2D eigenvalue weighted by atomic mass is 9.90. The number of carbonyl (C=O) groups is 1. The molecule has 0 atom stereocenters. The van der Waals surface area contributed by atoms with E-state index in [0.29, 0.717) is 6.54 Å². The van der Waals surface area contributed by atoms with Gasteiger partial charge in [0.2, 0.25) is 0 Å². The van der Waals surface area contributed by atoms with Gasteiger partial charge in [0.1, 0.15) is 0 Å². The highest BCUT2D eigenvalue weighted by atomic mass is 16.5. The van der Waals surface area contributed by atoms with E-state index in [0.717, 1.165) is 26.1 Å². The second kappa shape index (κ2) is 7.49. The van der Waals surface area contributed by atoms with Crippen LogP contribution in [0.3, 0.4) is 0 Å². The summed E-state index contributed by atoms with van der Waals surface area (Å²) in [6.45, 7) is 11.2. The highest BCUT2D eigenvalue weighted by molar-refractivity contribution is 5.74. The van der Waals surface area contributed by atoms with Gasteiger partial charge in [-0.1, -0.05) is 13.8 Å². The fourth-order valence-electron chi connectivity index (χ4n) is 1.40. The molecular weight excluding hydrogens is 204 g/mol. The number of hydrogen-bond acceptors (Lipinski definition) is 2. The van der Waals surface area contributed by atoms with Crippen LogP contribution in [0, 0.1) is 5.41 Å². The minimum atomic E-state index is 0.0236. The Kier molecular flexibility index (Phi) is 7.13. The highest BCUT2D eigenvalue weighted by Gasteiger charge is 2.19. The van der Waals surface area contributed by atoms with E-state index < -0.39 is 0 Å². The van der Waals surface area contributed by atoms with Crippen LogP contribution in [0.4, 0.5) is 4.79 Å². The summed E-state index contributed by atoms with van der Waals surface area (Å²) in [5.74, 6) is 0. The van der Waals surface area contributed by atoms with Crippen molar-refractivity contribution < 1.29 is 9.53 Å². The fourth-order valence-corrected chi connectivity index (χ4v) is 1.40. The number of hydrogen-bond donors (Lipinski definition) is 1. The normalized spacial score (nSPS) is 11.3. The van der Waals surface area contributed by atoms with Gasteiger partial charge in [-0.05, 0) is 25.7 Å². The molecule has 16 heavy (non-hydrogen) atoms. The average molecular weight is 230 g/mol. The maximum Gasteiger partial charge on any atom is 0.317 e. The number of rotatable bonds is 7. The molecule has 0 radical (unpaired) electrons. The minimum absolute atomic E-state index is 0.0236. The number of methoxy groups -OCH3 is 1. The number of urea groups is 1. The lowest BCUT2D eigenvalue weighted by molar-refractivity contribution is 0.148. The van der Waals surface area contributed by atoms with E-state index in [1.54, 1.807) is 12.0 Å². The summed E-state index contributed by atoms with van der Waals surface area (Å²) in [5, 5.41) is 2.97. The van der Waals surface area contributed by atoms with Crippen molar-refractivity contribution in [2.45, 2.75) is 34.1 Å². The van der Waals surface area contributed by atoms with Gasteiger partial charge < -0.3 is 15.0 Å². The van der Waals surface area contributed by atoms with E-state index in [2.05, 4.69) is 19.2 Å². The zero-order chi connectivity index (χ0) is 12.6. The highest BCUT2D eigenvalue weighted by Crippen LogP contribution is 2.18. The Bertz CT molecular complexity index is 201. The van der Waals surface area contributed by atoms with E-state index in [1.807, 2.05) is 13.8 Å². The SMILES string of the molecule is CCN(CC)C(=O)NCC(C)(C)CCOC. The summed E-state index contributed by atoms with van der Waals surface area (Å²) in [5.41, 5.74) is 0.0822. The summed E-state index contributed by atoms with van der Waals surface area (Å²) in [4.78, 5) is 13.5. The lowest BCUT2D eigenvalue weighted by Gasteiger charge is -2.27. The third kappa shape index (κ3) is 5.95. The second-order valence-corrected chi connectivity index (χ2v) is 4.74. The molecule has 0 aliphatic carbocycles. The molecule has 4 nitrogen and oxygen atoms in total. The molecule has 0 aromatic carbocycles. The molecule has 0 saturated carbocycles. The molecule has 0 aliphatic rings. The molecule has 1 N–H and O–H groups in total. The molecule has 4 heteroatoms.